The van der Waals surface area contributed by atoms with Gasteiger partial charge in [0.25, 0.3) is 0 Å². The van der Waals surface area contributed by atoms with Crippen LogP contribution in [0.15, 0.2) is 0 Å². The second-order valence-electron chi connectivity index (χ2n) is 3.53. The fraction of sp³-hybridized carbons (Fsp3) is 0.750. The Morgan fingerprint density at radius 2 is 1.83 bits per heavy atom. The van der Waals surface area contributed by atoms with Crippen molar-refractivity contribution in [3.05, 3.63) is 0 Å². The molecule has 3 atom stereocenters. The Morgan fingerprint density at radius 3 is 2.58 bits per heavy atom. The van der Waals surface area contributed by atoms with Crippen molar-refractivity contribution in [2.45, 2.75) is 25.1 Å². The van der Waals surface area contributed by atoms with Gasteiger partial charge < -0.3 is 4.74 Å². The van der Waals surface area contributed by atoms with Crippen molar-refractivity contribution in [3.8, 4) is 0 Å². The Bertz CT molecular complexity index is 238. The van der Waals surface area contributed by atoms with Gasteiger partial charge >= 0.3 is 11.9 Å². The third kappa shape index (κ3) is 1.06. The molecular formula is C8H9BO3. The van der Waals surface area contributed by atoms with Crippen LogP contribution < -0.4 is 0 Å². The van der Waals surface area contributed by atoms with Gasteiger partial charge in [0.1, 0.15) is 0 Å². The smallest absolute Gasteiger partial charge is 0.317 e. The van der Waals surface area contributed by atoms with E-state index in [2.05, 4.69) is 4.74 Å². The number of esters is 2. The Hall–Kier alpha value is -0.795. The van der Waals surface area contributed by atoms with Crippen molar-refractivity contribution in [2.75, 3.05) is 0 Å². The summed E-state index contributed by atoms with van der Waals surface area (Å²) in [5, 5.41) is 0. The van der Waals surface area contributed by atoms with Gasteiger partial charge in [-0.2, -0.15) is 0 Å². The first-order valence-electron chi connectivity index (χ1n) is 4.19. The lowest BCUT2D eigenvalue weighted by atomic mass is 9.67. The zero-order valence-electron chi connectivity index (χ0n) is 6.66. The van der Waals surface area contributed by atoms with Crippen LogP contribution in [0, 0.1) is 11.8 Å². The molecule has 0 aromatic heterocycles. The van der Waals surface area contributed by atoms with Crippen molar-refractivity contribution >= 4 is 19.8 Å². The molecule has 0 bridgehead atoms. The first-order valence-corrected chi connectivity index (χ1v) is 4.19. The molecule has 0 aromatic carbocycles. The molecule has 2 radical (unpaired) electrons. The molecule has 0 spiro atoms. The molecule has 2 fully saturated rings. The first-order chi connectivity index (χ1) is 5.68. The molecule has 1 aliphatic carbocycles. The zero-order valence-corrected chi connectivity index (χ0v) is 6.66. The summed E-state index contributed by atoms with van der Waals surface area (Å²) < 4.78 is 4.52. The molecule has 1 saturated heterocycles. The number of rotatable bonds is 0. The second-order valence-corrected chi connectivity index (χ2v) is 3.53. The summed E-state index contributed by atoms with van der Waals surface area (Å²) in [6.45, 7) is 0. The van der Waals surface area contributed by atoms with Gasteiger partial charge in [-0.3, -0.25) is 9.59 Å². The summed E-state index contributed by atoms with van der Waals surface area (Å²) in [6, 6.07) is 0. The topological polar surface area (TPSA) is 43.4 Å². The highest BCUT2D eigenvalue weighted by Crippen LogP contribution is 2.40. The van der Waals surface area contributed by atoms with E-state index in [1.54, 1.807) is 0 Å². The highest BCUT2D eigenvalue weighted by atomic mass is 16.6. The van der Waals surface area contributed by atoms with Gasteiger partial charge in [0, 0.05) is 0 Å². The minimum Gasteiger partial charge on any atom is -0.393 e. The van der Waals surface area contributed by atoms with Crippen molar-refractivity contribution < 1.29 is 14.3 Å². The van der Waals surface area contributed by atoms with Crippen LogP contribution in [0.2, 0.25) is 5.82 Å². The van der Waals surface area contributed by atoms with E-state index < -0.39 is 0 Å². The number of carbonyl (C=O) groups is 2. The van der Waals surface area contributed by atoms with Crippen LogP contribution in [0.25, 0.3) is 0 Å². The number of cyclic esters (lactones) is 2. The monoisotopic (exact) mass is 164 g/mol. The van der Waals surface area contributed by atoms with Crippen molar-refractivity contribution in [1.29, 1.82) is 0 Å². The van der Waals surface area contributed by atoms with Crippen LogP contribution in [0.1, 0.15) is 19.3 Å². The van der Waals surface area contributed by atoms with E-state index in [0.29, 0.717) is 12.8 Å². The molecule has 2 rings (SSSR count). The Balaban J connectivity index is 2.17. The van der Waals surface area contributed by atoms with Crippen molar-refractivity contribution in [3.63, 3.8) is 0 Å². The summed E-state index contributed by atoms with van der Waals surface area (Å²) in [5.41, 5.74) is 0. The largest absolute Gasteiger partial charge is 0.393 e. The van der Waals surface area contributed by atoms with Crippen LogP contribution in [0.5, 0.6) is 0 Å². The average Bonchev–Trinajstić information content (AvgIpc) is 2.28. The van der Waals surface area contributed by atoms with Crippen LogP contribution >= 0.6 is 0 Å². The maximum atomic E-state index is 11.1. The fourth-order valence-electron chi connectivity index (χ4n) is 2.00. The molecule has 1 heterocycles. The number of hydrogen-bond acceptors (Lipinski definition) is 3. The molecular weight excluding hydrogens is 155 g/mol. The molecule has 0 aromatic rings. The normalized spacial score (nSPS) is 40.8. The van der Waals surface area contributed by atoms with Crippen molar-refractivity contribution in [1.82, 2.24) is 0 Å². The lowest BCUT2D eigenvalue weighted by Crippen LogP contribution is -2.24. The van der Waals surface area contributed by atoms with Gasteiger partial charge in [0.05, 0.1) is 19.7 Å². The second kappa shape index (κ2) is 2.61. The summed E-state index contributed by atoms with van der Waals surface area (Å²) in [7, 11) is 5.68. The summed E-state index contributed by atoms with van der Waals surface area (Å²) in [6.07, 6.45) is 2.13. The lowest BCUT2D eigenvalue weighted by Gasteiger charge is -2.24. The molecule has 0 amide bonds. The van der Waals surface area contributed by atoms with E-state index in [1.165, 1.54) is 0 Å². The highest BCUT2D eigenvalue weighted by Gasteiger charge is 2.46. The van der Waals surface area contributed by atoms with Crippen LogP contribution in [0.3, 0.4) is 0 Å². The predicted molar refractivity (Wildman–Crippen MR) is 41.4 cm³/mol. The van der Waals surface area contributed by atoms with Crippen molar-refractivity contribution in [2.24, 2.45) is 11.8 Å². The maximum Gasteiger partial charge on any atom is 0.317 e. The third-order valence-corrected chi connectivity index (χ3v) is 2.70. The van der Waals surface area contributed by atoms with Gasteiger partial charge in [-0.05, 0) is 12.8 Å². The maximum absolute atomic E-state index is 11.1. The predicted octanol–water partition coefficient (Wildman–Crippen LogP) is 0.443. The van der Waals surface area contributed by atoms with Gasteiger partial charge in [-0.15, -0.1) is 0 Å². The molecule has 4 heteroatoms. The Labute approximate surface area is 71.9 Å². The fourth-order valence-corrected chi connectivity index (χ4v) is 2.00. The average molecular weight is 164 g/mol. The molecule has 3 nitrogen and oxygen atoms in total. The zero-order chi connectivity index (χ0) is 8.72. The molecule has 2 aliphatic rings. The van der Waals surface area contributed by atoms with Gasteiger partial charge in [-0.25, -0.2) is 0 Å². The lowest BCUT2D eigenvalue weighted by molar-refractivity contribution is -0.153. The van der Waals surface area contributed by atoms with E-state index in [1.807, 2.05) is 0 Å². The molecule has 3 unspecified atom stereocenters. The number of hydrogen-bond donors (Lipinski definition) is 0. The van der Waals surface area contributed by atoms with Gasteiger partial charge in [-0.1, -0.05) is 12.2 Å². The minimum absolute atomic E-state index is 0.0599. The standard InChI is InChI=1S/C8H9BO3/c9-4-1-2-5-6(3-4)8(11)12-7(5)10/h4-6H,1-3H2. The van der Waals surface area contributed by atoms with Crippen LogP contribution in [-0.4, -0.2) is 19.8 Å². The SMILES string of the molecule is [B]C1CCC2C(=O)OC(=O)C2C1. The van der Waals surface area contributed by atoms with Crippen LogP contribution in [-0.2, 0) is 14.3 Å². The molecule has 62 valence electrons. The number of ether oxygens (including phenoxy) is 1. The number of carbonyl (C=O) groups excluding carboxylic acids is 2. The van der Waals surface area contributed by atoms with Crippen LogP contribution in [0.4, 0.5) is 0 Å². The molecule has 0 N–H and O–H groups in total. The molecule has 12 heavy (non-hydrogen) atoms. The third-order valence-electron chi connectivity index (χ3n) is 2.70. The van der Waals surface area contributed by atoms with E-state index >= 15 is 0 Å². The quantitative estimate of drug-likeness (QED) is 0.296. The van der Waals surface area contributed by atoms with Gasteiger partial charge in [0.2, 0.25) is 0 Å². The summed E-state index contributed by atoms with van der Waals surface area (Å²) >= 11 is 0. The van der Waals surface area contributed by atoms with E-state index in [9.17, 15) is 9.59 Å². The molecule has 1 aliphatic heterocycles. The first kappa shape index (κ1) is 7.83. The summed E-state index contributed by atoms with van der Waals surface area (Å²) in [5.74, 6) is -1.11. The molecule has 1 saturated carbocycles. The summed E-state index contributed by atoms with van der Waals surface area (Å²) in [4.78, 5) is 22.1. The minimum atomic E-state index is -0.375. The highest BCUT2D eigenvalue weighted by molar-refractivity contribution is 6.12. The Morgan fingerprint density at radius 1 is 1.17 bits per heavy atom. The van der Waals surface area contributed by atoms with E-state index in [4.69, 9.17) is 7.85 Å². The van der Waals surface area contributed by atoms with E-state index in [0.717, 1.165) is 6.42 Å². The Kier molecular flexibility index (Phi) is 1.70. The van der Waals surface area contributed by atoms with Gasteiger partial charge in [0.15, 0.2) is 0 Å². The number of fused-ring (bicyclic) bond motifs is 1. The van der Waals surface area contributed by atoms with E-state index in [-0.39, 0.29) is 29.6 Å².